The maximum atomic E-state index is 13.0. The summed E-state index contributed by atoms with van der Waals surface area (Å²) in [5, 5.41) is 3.72. The van der Waals surface area contributed by atoms with E-state index in [1.165, 1.54) is 6.42 Å². The molecule has 1 N–H and O–H groups in total. The van der Waals surface area contributed by atoms with Crippen LogP contribution in [-0.4, -0.2) is 36.3 Å². The number of benzene rings is 1. The van der Waals surface area contributed by atoms with Crippen molar-refractivity contribution in [1.82, 2.24) is 10.2 Å². The van der Waals surface area contributed by atoms with Gasteiger partial charge < -0.3 is 10.2 Å². The summed E-state index contributed by atoms with van der Waals surface area (Å²) >= 11 is 6.00. The molecule has 0 aromatic heterocycles. The van der Waals surface area contributed by atoms with E-state index >= 15 is 0 Å². The molecule has 1 unspecified atom stereocenters. The zero-order valence-corrected chi connectivity index (χ0v) is 16.4. The number of nitrogens with one attached hydrogen (secondary N) is 1. The van der Waals surface area contributed by atoms with Gasteiger partial charge in [0.1, 0.15) is 0 Å². The van der Waals surface area contributed by atoms with Crippen LogP contribution in [0.25, 0.3) is 0 Å². The maximum Gasteiger partial charge on any atom is 0.230 e. The van der Waals surface area contributed by atoms with Gasteiger partial charge in [-0.05, 0) is 49.3 Å². The third-order valence-electron chi connectivity index (χ3n) is 5.92. The van der Waals surface area contributed by atoms with Crippen LogP contribution in [0.2, 0.25) is 5.02 Å². The fourth-order valence-corrected chi connectivity index (χ4v) is 4.55. The highest BCUT2D eigenvalue weighted by Crippen LogP contribution is 2.41. The van der Waals surface area contributed by atoms with Crippen molar-refractivity contribution in [3.8, 4) is 0 Å². The molecular weight excluding hydrogens is 348 g/mol. The highest BCUT2D eigenvalue weighted by molar-refractivity contribution is 6.30. The smallest absolute Gasteiger partial charge is 0.230 e. The lowest BCUT2D eigenvalue weighted by molar-refractivity contribution is -0.133. The summed E-state index contributed by atoms with van der Waals surface area (Å²) < 4.78 is 0. The van der Waals surface area contributed by atoms with Gasteiger partial charge in [-0.15, -0.1) is 0 Å². The molecule has 1 saturated heterocycles. The zero-order valence-electron chi connectivity index (χ0n) is 15.6. The summed E-state index contributed by atoms with van der Waals surface area (Å²) in [5.41, 5.74) is 0.570. The molecule has 1 saturated carbocycles. The van der Waals surface area contributed by atoms with Crippen molar-refractivity contribution >= 4 is 23.4 Å². The SMILES string of the molecule is CC1CCCN(C(=O)CCNC(=O)C2(c3ccc(Cl)cc3)CCCC2)C1. The summed E-state index contributed by atoms with van der Waals surface area (Å²) in [6, 6.07) is 7.64. The van der Waals surface area contributed by atoms with Crippen molar-refractivity contribution in [3.63, 3.8) is 0 Å². The number of hydrogen-bond acceptors (Lipinski definition) is 2. The first-order chi connectivity index (χ1) is 12.5. The molecule has 26 heavy (non-hydrogen) atoms. The van der Waals surface area contributed by atoms with Crippen LogP contribution in [0, 0.1) is 5.92 Å². The maximum absolute atomic E-state index is 13.0. The van der Waals surface area contributed by atoms with Crippen LogP contribution in [0.5, 0.6) is 0 Å². The molecule has 2 aliphatic rings. The first-order valence-corrected chi connectivity index (χ1v) is 10.2. The predicted octanol–water partition coefficient (Wildman–Crippen LogP) is 3.92. The Morgan fingerprint density at radius 1 is 1.19 bits per heavy atom. The molecule has 2 fully saturated rings. The third-order valence-corrected chi connectivity index (χ3v) is 6.17. The Labute approximate surface area is 161 Å². The van der Waals surface area contributed by atoms with Crippen LogP contribution in [0.4, 0.5) is 0 Å². The van der Waals surface area contributed by atoms with Crippen molar-refractivity contribution in [2.45, 2.75) is 57.3 Å². The third kappa shape index (κ3) is 4.22. The van der Waals surface area contributed by atoms with Gasteiger partial charge in [0.05, 0.1) is 5.41 Å². The summed E-state index contributed by atoms with van der Waals surface area (Å²) in [6.07, 6.45) is 6.50. The Bertz CT molecular complexity index is 638. The molecule has 0 spiro atoms. The Balaban J connectivity index is 1.57. The predicted molar refractivity (Wildman–Crippen MR) is 104 cm³/mol. The molecule has 1 aliphatic carbocycles. The minimum Gasteiger partial charge on any atom is -0.355 e. The van der Waals surface area contributed by atoms with Crippen molar-refractivity contribution < 1.29 is 9.59 Å². The van der Waals surface area contributed by atoms with Crippen LogP contribution in [0.1, 0.15) is 57.4 Å². The zero-order chi connectivity index (χ0) is 18.6. The quantitative estimate of drug-likeness (QED) is 0.846. The van der Waals surface area contributed by atoms with Crippen LogP contribution in [0.3, 0.4) is 0 Å². The average Bonchev–Trinajstić information content (AvgIpc) is 3.13. The standard InChI is InChI=1S/C21H29ClN2O2/c1-16-5-4-14-24(15-16)19(25)10-13-23-20(26)21(11-2-3-12-21)17-6-8-18(22)9-7-17/h6-9,16H,2-5,10-15H2,1H3,(H,23,26). The first kappa shape index (κ1) is 19.2. The Kier molecular flexibility index (Phi) is 6.23. The van der Waals surface area contributed by atoms with Crippen molar-refractivity contribution in [2.24, 2.45) is 5.92 Å². The van der Waals surface area contributed by atoms with Gasteiger partial charge >= 0.3 is 0 Å². The lowest BCUT2D eigenvalue weighted by Gasteiger charge is -2.31. The van der Waals surface area contributed by atoms with E-state index in [0.29, 0.717) is 23.9 Å². The number of halogens is 1. The van der Waals surface area contributed by atoms with Gasteiger partial charge in [0.25, 0.3) is 0 Å². The Morgan fingerprint density at radius 3 is 2.54 bits per heavy atom. The summed E-state index contributed by atoms with van der Waals surface area (Å²) in [4.78, 5) is 27.3. The molecular formula is C21H29ClN2O2. The number of carbonyl (C=O) groups excluding carboxylic acids is 2. The molecule has 3 rings (SSSR count). The lowest BCUT2D eigenvalue weighted by atomic mass is 9.78. The molecule has 1 aliphatic heterocycles. The number of nitrogens with zero attached hydrogens (tertiary/aromatic N) is 1. The number of rotatable bonds is 5. The van der Waals surface area contributed by atoms with E-state index in [4.69, 9.17) is 11.6 Å². The van der Waals surface area contributed by atoms with Gasteiger partial charge in [-0.3, -0.25) is 9.59 Å². The molecule has 5 heteroatoms. The number of amides is 2. The van der Waals surface area contributed by atoms with E-state index in [1.807, 2.05) is 29.2 Å². The van der Waals surface area contributed by atoms with Crippen molar-refractivity contribution in [3.05, 3.63) is 34.9 Å². The number of piperidine rings is 1. The van der Waals surface area contributed by atoms with E-state index in [1.54, 1.807) is 0 Å². The van der Waals surface area contributed by atoms with E-state index in [2.05, 4.69) is 12.2 Å². The van der Waals surface area contributed by atoms with E-state index in [-0.39, 0.29) is 11.8 Å². The monoisotopic (exact) mass is 376 g/mol. The molecule has 2 amide bonds. The van der Waals surface area contributed by atoms with Crippen molar-refractivity contribution in [1.29, 1.82) is 0 Å². The van der Waals surface area contributed by atoms with Crippen LogP contribution < -0.4 is 5.32 Å². The van der Waals surface area contributed by atoms with Gasteiger partial charge in [0, 0.05) is 31.1 Å². The highest BCUT2D eigenvalue weighted by Gasteiger charge is 2.42. The first-order valence-electron chi connectivity index (χ1n) is 9.83. The Hall–Kier alpha value is -1.55. The second-order valence-electron chi connectivity index (χ2n) is 7.89. The summed E-state index contributed by atoms with van der Waals surface area (Å²) in [6.45, 7) is 4.31. The number of likely N-dealkylation sites (tertiary alicyclic amines) is 1. The second-order valence-corrected chi connectivity index (χ2v) is 8.33. The average molecular weight is 377 g/mol. The lowest BCUT2D eigenvalue weighted by Crippen LogP contribution is -2.45. The number of hydrogen-bond donors (Lipinski definition) is 1. The van der Waals surface area contributed by atoms with Gasteiger partial charge in [-0.1, -0.05) is 43.5 Å². The van der Waals surface area contributed by atoms with Crippen molar-refractivity contribution in [2.75, 3.05) is 19.6 Å². The van der Waals surface area contributed by atoms with Gasteiger partial charge in [0.15, 0.2) is 0 Å². The molecule has 142 valence electrons. The summed E-state index contributed by atoms with van der Waals surface area (Å²) in [7, 11) is 0. The normalized spacial score (nSPS) is 22.2. The molecule has 0 bridgehead atoms. The van der Waals surface area contributed by atoms with Crippen LogP contribution in [-0.2, 0) is 15.0 Å². The molecule has 1 aromatic carbocycles. The minimum absolute atomic E-state index is 0.0529. The van der Waals surface area contributed by atoms with Gasteiger partial charge in [-0.2, -0.15) is 0 Å². The fraction of sp³-hybridized carbons (Fsp3) is 0.619. The summed E-state index contributed by atoms with van der Waals surface area (Å²) in [5.74, 6) is 0.787. The fourth-order valence-electron chi connectivity index (χ4n) is 4.42. The topological polar surface area (TPSA) is 49.4 Å². The molecule has 0 radical (unpaired) electrons. The Morgan fingerprint density at radius 2 is 1.88 bits per heavy atom. The van der Waals surface area contributed by atoms with E-state index in [9.17, 15) is 9.59 Å². The second kappa shape index (κ2) is 8.43. The van der Waals surface area contributed by atoms with Crippen LogP contribution >= 0.6 is 11.6 Å². The molecule has 1 heterocycles. The molecule has 1 atom stereocenters. The van der Waals surface area contributed by atoms with E-state index < -0.39 is 5.41 Å². The molecule has 4 nitrogen and oxygen atoms in total. The highest BCUT2D eigenvalue weighted by atomic mass is 35.5. The largest absolute Gasteiger partial charge is 0.355 e. The molecule has 1 aromatic rings. The minimum atomic E-state index is -0.465. The van der Waals surface area contributed by atoms with E-state index in [0.717, 1.165) is 50.8 Å². The van der Waals surface area contributed by atoms with Gasteiger partial charge in [0.2, 0.25) is 11.8 Å². The van der Waals surface area contributed by atoms with Crippen LogP contribution in [0.15, 0.2) is 24.3 Å². The van der Waals surface area contributed by atoms with Gasteiger partial charge in [-0.25, -0.2) is 0 Å². The number of carbonyl (C=O) groups is 2.